The minimum Gasteiger partial charge on any atom is -0.463 e. The van der Waals surface area contributed by atoms with Gasteiger partial charge in [0.05, 0.1) is 42.2 Å². The number of allylic oxidation sites excluding steroid dienone is 2. The summed E-state index contributed by atoms with van der Waals surface area (Å²) in [6.07, 6.45) is 4.65. The van der Waals surface area contributed by atoms with E-state index in [-0.39, 0.29) is 61.1 Å². The highest BCUT2D eigenvalue weighted by molar-refractivity contribution is 6.05. The lowest BCUT2D eigenvalue weighted by Gasteiger charge is -2.29. The molecule has 4 amide bonds. The predicted octanol–water partition coefficient (Wildman–Crippen LogP) is 1.74. The molecule has 2 aliphatic heterocycles. The van der Waals surface area contributed by atoms with Gasteiger partial charge in [-0.25, -0.2) is 9.59 Å². The van der Waals surface area contributed by atoms with Gasteiger partial charge in [0.2, 0.25) is 11.8 Å². The summed E-state index contributed by atoms with van der Waals surface area (Å²) in [5, 5.41) is 5.23. The maximum absolute atomic E-state index is 12.7. The Hall–Kier alpha value is -3.95. The minimum atomic E-state index is -0.783. The first kappa shape index (κ1) is 24.2. The maximum Gasteiger partial charge on any atom is 0.338 e. The molecule has 35 heavy (non-hydrogen) atoms. The molecule has 1 saturated heterocycles. The summed E-state index contributed by atoms with van der Waals surface area (Å²) < 4.78 is 10.5. The van der Waals surface area contributed by atoms with E-state index in [9.17, 15) is 24.0 Å². The van der Waals surface area contributed by atoms with Crippen LogP contribution in [-0.2, 0) is 28.7 Å². The largest absolute Gasteiger partial charge is 0.463 e. The first-order valence-corrected chi connectivity index (χ1v) is 11.6. The summed E-state index contributed by atoms with van der Waals surface area (Å²) in [4.78, 5) is 63.7. The lowest BCUT2D eigenvalue weighted by Crippen LogP contribution is -2.47. The Balaban J connectivity index is 1.43. The molecule has 184 valence electrons. The minimum absolute atomic E-state index is 0.0756. The van der Waals surface area contributed by atoms with Gasteiger partial charge in [0.1, 0.15) is 6.61 Å². The quantitative estimate of drug-likeness (QED) is 0.328. The standard InChI is InChI=1S/C25H27N3O7/c1-2-34-24(32)20-18(26-25(33)27-21(20)15-8-4-3-5-9-15)14-35-19(29)12-13-28-22(30)16-10-6-7-11-17(16)23(28)31/h3-9,16-17,21H,2,10-14H2,1H3,(H2,26,27,33)/t16-,17+,21-/m1/s1. The fraction of sp³-hybridized carbons (Fsp3) is 0.400. The number of amides is 4. The third-order valence-electron chi connectivity index (χ3n) is 6.30. The van der Waals surface area contributed by atoms with Gasteiger partial charge in [-0.1, -0.05) is 42.5 Å². The van der Waals surface area contributed by atoms with E-state index in [0.29, 0.717) is 18.4 Å². The molecule has 1 aromatic rings. The van der Waals surface area contributed by atoms with Crippen LogP contribution in [0.3, 0.4) is 0 Å². The van der Waals surface area contributed by atoms with E-state index >= 15 is 0 Å². The van der Waals surface area contributed by atoms with Crippen molar-refractivity contribution in [2.75, 3.05) is 19.8 Å². The van der Waals surface area contributed by atoms with E-state index in [1.165, 1.54) is 0 Å². The van der Waals surface area contributed by atoms with E-state index in [0.717, 1.165) is 4.90 Å². The molecule has 4 rings (SSSR count). The van der Waals surface area contributed by atoms with Crippen molar-refractivity contribution in [1.29, 1.82) is 0 Å². The lowest BCUT2D eigenvalue weighted by molar-refractivity contribution is -0.146. The molecule has 0 aromatic heterocycles. The van der Waals surface area contributed by atoms with Crippen molar-refractivity contribution in [1.82, 2.24) is 15.5 Å². The second-order valence-electron chi connectivity index (χ2n) is 8.45. The molecule has 2 heterocycles. The Bertz CT molecular complexity index is 1070. The highest BCUT2D eigenvalue weighted by Gasteiger charge is 2.47. The first-order chi connectivity index (χ1) is 16.9. The number of benzene rings is 1. The van der Waals surface area contributed by atoms with E-state index in [4.69, 9.17) is 9.47 Å². The van der Waals surface area contributed by atoms with Crippen LogP contribution in [0.25, 0.3) is 0 Å². The van der Waals surface area contributed by atoms with Crippen LogP contribution < -0.4 is 10.6 Å². The fourth-order valence-electron chi connectivity index (χ4n) is 4.59. The monoisotopic (exact) mass is 481 g/mol. The molecule has 0 unspecified atom stereocenters. The third-order valence-corrected chi connectivity index (χ3v) is 6.30. The Labute approximate surface area is 202 Å². The Kier molecular flexibility index (Phi) is 7.28. The lowest BCUT2D eigenvalue weighted by atomic mass is 9.85. The third kappa shape index (κ3) is 5.11. The molecular formula is C25H27N3O7. The molecule has 1 aromatic carbocycles. The number of likely N-dealkylation sites (tertiary alicyclic amines) is 1. The zero-order valence-corrected chi connectivity index (χ0v) is 19.3. The van der Waals surface area contributed by atoms with Gasteiger partial charge in [-0.15, -0.1) is 0 Å². The number of nitrogens with one attached hydrogen (secondary N) is 2. The predicted molar refractivity (Wildman–Crippen MR) is 122 cm³/mol. The van der Waals surface area contributed by atoms with Gasteiger partial charge in [-0.05, 0) is 25.3 Å². The number of hydrogen-bond acceptors (Lipinski definition) is 7. The van der Waals surface area contributed by atoms with E-state index in [2.05, 4.69) is 10.6 Å². The van der Waals surface area contributed by atoms with Crippen LogP contribution in [0, 0.1) is 11.8 Å². The highest BCUT2D eigenvalue weighted by atomic mass is 16.5. The average molecular weight is 482 g/mol. The number of carbonyl (C=O) groups excluding carboxylic acids is 5. The van der Waals surface area contributed by atoms with Gasteiger partial charge in [0, 0.05) is 6.54 Å². The van der Waals surface area contributed by atoms with Crippen molar-refractivity contribution in [3.05, 3.63) is 59.3 Å². The van der Waals surface area contributed by atoms with E-state index < -0.39 is 24.0 Å². The maximum atomic E-state index is 12.7. The number of fused-ring (bicyclic) bond motifs is 1. The summed E-state index contributed by atoms with van der Waals surface area (Å²) in [6.45, 7) is 1.34. The number of nitrogens with zero attached hydrogens (tertiary/aromatic N) is 1. The first-order valence-electron chi connectivity index (χ1n) is 11.6. The highest BCUT2D eigenvalue weighted by Crippen LogP contribution is 2.35. The molecule has 0 spiro atoms. The number of urea groups is 1. The molecule has 10 nitrogen and oxygen atoms in total. The number of esters is 2. The molecule has 3 atom stereocenters. The number of rotatable bonds is 8. The van der Waals surface area contributed by atoms with Crippen molar-refractivity contribution < 1.29 is 33.4 Å². The van der Waals surface area contributed by atoms with Gasteiger partial charge in [-0.3, -0.25) is 19.3 Å². The van der Waals surface area contributed by atoms with Crippen LogP contribution in [0.1, 0.15) is 37.8 Å². The zero-order valence-electron chi connectivity index (χ0n) is 19.3. The van der Waals surface area contributed by atoms with Crippen molar-refractivity contribution in [2.24, 2.45) is 11.8 Å². The summed E-state index contributed by atoms with van der Waals surface area (Å²) in [5.74, 6) is -2.56. The number of ether oxygens (including phenoxy) is 2. The van der Waals surface area contributed by atoms with Crippen LogP contribution in [0.4, 0.5) is 4.79 Å². The molecule has 0 saturated carbocycles. The van der Waals surface area contributed by atoms with Crippen molar-refractivity contribution in [2.45, 2.75) is 32.2 Å². The summed E-state index contributed by atoms with van der Waals surface area (Å²) >= 11 is 0. The topological polar surface area (TPSA) is 131 Å². The van der Waals surface area contributed by atoms with Gasteiger partial charge in [0.25, 0.3) is 0 Å². The van der Waals surface area contributed by atoms with Crippen LogP contribution >= 0.6 is 0 Å². The van der Waals surface area contributed by atoms with Crippen molar-refractivity contribution in [3.63, 3.8) is 0 Å². The average Bonchev–Trinajstić information content (AvgIpc) is 3.11. The normalized spacial score (nSPS) is 23.5. The number of imide groups is 1. The smallest absolute Gasteiger partial charge is 0.338 e. The summed E-state index contributed by atoms with van der Waals surface area (Å²) in [7, 11) is 0. The van der Waals surface area contributed by atoms with Crippen molar-refractivity contribution >= 4 is 29.8 Å². The summed E-state index contributed by atoms with van der Waals surface area (Å²) in [6, 6.07) is 7.55. The van der Waals surface area contributed by atoms with Gasteiger partial charge >= 0.3 is 18.0 Å². The van der Waals surface area contributed by atoms with Crippen LogP contribution in [0.2, 0.25) is 0 Å². The van der Waals surface area contributed by atoms with Crippen LogP contribution in [-0.4, -0.2) is 54.4 Å². The molecular weight excluding hydrogens is 454 g/mol. The second-order valence-corrected chi connectivity index (χ2v) is 8.45. The van der Waals surface area contributed by atoms with Crippen molar-refractivity contribution in [3.8, 4) is 0 Å². The SMILES string of the molecule is CCOC(=O)C1=C(COC(=O)CCN2C(=O)[C@H]3CC=CC[C@H]3C2=O)NC(=O)N[C@@H]1c1ccccc1. The van der Waals surface area contributed by atoms with Crippen LogP contribution in [0.5, 0.6) is 0 Å². The zero-order chi connectivity index (χ0) is 24.9. The second kappa shape index (κ2) is 10.5. The summed E-state index contributed by atoms with van der Waals surface area (Å²) in [5.41, 5.74) is 0.906. The van der Waals surface area contributed by atoms with Gasteiger partial charge in [-0.2, -0.15) is 0 Å². The Morgan fingerprint density at radius 2 is 1.66 bits per heavy atom. The number of carbonyl (C=O) groups is 5. The van der Waals surface area contributed by atoms with Crippen LogP contribution in [0.15, 0.2) is 53.8 Å². The molecule has 0 bridgehead atoms. The van der Waals surface area contributed by atoms with Gasteiger partial charge in [0.15, 0.2) is 0 Å². The Morgan fingerprint density at radius 3 is 2.29 bits per heavy atom. The molecule has 1 aliphatic carbocycles. The number of hydrogen-bond donors (Lipinski definition) is 2. The molecule has 1 fully saturated rings. The fourth-order valence-corrected chi connectivity index (χ4v) is 4.59. The van der Waals surface area contributed by atoms with E-state index in [1.54, 1.807) is 31.2 Å². The molecule has 0 radical (unpaired) electrons. The van der Waals surface area contributed by atoms with Gasteiger partial charge < -0.3 is 20.1 Å². The molecule has 3 aliphatic rings. The van der Waals surface area contributed by atoms with E-state index in [1.807, 2.05) is 18.2 Å². The molecule has 10 heteroatoms. The Morgan fingerprint density at radius 1 is 1.00 bits per heavy atom. The molecule has 2 N–H and O–H groups in total.